The van der Waals surface area contributed by atoms with Crippen molar-refractivity contribution in [1.82, 2.24) is 10.2 Å². The number of nitrogens with zero attached hydrogens (tertiary/aromatic N) is 2. The highest BCUT2D eigenvalue weighted by molar-refractivity contribution is 7.92. The molecule has 0 radical (unpaired) electrons. The normalized spacial score (nSPS) is 11.7. The molecule has 0 fully saturated rings. The molecule has 0 aliphatic heterocycles. The van der Waals surface area contributed by atoms with E-state index in [0.717, 1.165) is 9.87 Å². The predicted molar refractivity (Wildman–Crippen MR) is 171 cm³/mol. The van der Waals surface area contributed by atoms with Gasteiger partial charge in [0.1, 0.15) is 24.1 Å². The molecule has 4 aromatic rings. The molecule has 4 rings (SSSR count). The molecule has 4 aromatic carbocycles. The number of carbonyl (C=O) groups is 2. The summed E-state index contributed by atoms with van der Waals surface area (Å²) in [5, 5.41) is 3.07. The number of anilines is 1. The van der Waals surface area contributed by atoms with Crippen molar-refractivity contribution in [3.8, 4) is 11.5 Å². The van der Waals surface area contributed by atoms with E-state index in [0.29, 0.717) is 16.3 Å². The van der Waals surface area contributed by atoms with Gasteiger partial charge in [0.15, 0.2) is 0 Å². The maximum atomic E-state index is 14.4. The number of amides is 2. The van der Waals surface area contributed by atoms with Gasteiger partial charge in [0, 0.05) is 25.0 Å². The molecule has 0 aliphatic carbocycles. The van der Waals surface area contributed by atoms with Crippen LogP contribution in [-0.4, -0.2) is 59.0 Å². The Labute approximate surface area is 263 Å². The lowest BCUT2D eigenvalue weighted by Gasteiger charge is -2.34. The number of sulfonamides is 1. The van der Waals surface area contributed by atoms with Crippen LogP contribution in [0.5, 0.6) is 11.5 Å². The summed E-state index contributed by atoms with van der Waals surface area (Å²) in [6.45, 7) is -0.659. The van der Waals surface area contributed by atoms with E-state index >= 15 is 0 Å². The monoisotopic (exact) mass is 635 g/mol. The molecule has 0 saturated carbocycles. The van der Waals surface area contributed by atoms with Crippen LogP contribution < -0.4 is 19.1 Å². The quantitative estimate of drug-likeness (QED) is 0.223. The van der Waals surface area contributed by atoms with E-state index in [1.165, 1.54) is 50.4 Å². The van der Waals surface area contributed by atoms with Gasteiger partial charge in [0.2, 0.25) is 11.8 Å². The minimum absolute atomic E-state index is 0.0359. The molecule has 0 heterocycles. The summed E-state index contributed by atoms with van der Waals surface area (Å²) in [7, 11) is 0.0878. The van der Waals surface area contributed by atoms with Gasteiger partial charge in [0.25, 0.3) is 10.0 Å². The molecular weight excluding hydrogens is 602 g/mol. The zero-order valence-electron chi connectivity index (χ0n) is 24.6. The predicted octanol–water partition coefficient (Wildman–Crippen LogP) is 4.94. The molecule has 230 valence electrons. The van der Waals surface area contributed by atoms with Crippen molar-refractivity contribution in [2.24, 2.45) is 0 Å². The van der Waals surface area contributed by atoms with E-state index in [1.807, 2.05) is 30.3 Å². The molecular formula is C33H34ClN3O6S. The molecule has 0 aliphatic rings. The number of carbonyl (C=O) groups excluding carboxylic acids is 2. The Morgan fingerprint density at radius 3 is 2.11 bits per heavy atom. The summed E-state index contributed by atoms with van der Waals surface area (Å²) in [6, 6.07) is 27.7. The van der Waals surface area contributed by atoms with Crippen LogP contribution in [0.1, 0.15) is 11.1 Å². The van der Waals surface area contributed by atoms with Crippen LogP contribution in [0.25, 0.3) is 0 Å². The Morgan fingerprint density at radius 1 is 0.841 bits per heavy atom. The molecule has 0 spiro atoms. The van der Waals surface area contributed by atoms with Crippen molar-refractivity contribution in [3.05, 3.63) is 119 Å². The lowest BCUT2D eigenvalue weighted by atomic mass is 10.0. The summed E-state index contributed by atoms with van der Waals surface area (Å²) in [4.78, 5) is 29.1. The molecule has 2 amide bonds. The summed E-state index contributed by atoms with van der Waals surface area (Å²) < 4.78 is 40.1. The average Bonchev–Trinajstić information content (AvgIpc) is 3.05. The Balaban J connectivity index is 1.82. The Hall–Kier alpha value is -4.54. The molecule has 1 atom stereocenters. The fraction of sp³-hybridized carbons (Fsp3) is 0.212. The highest BCUT2D eigenvalue weighted by atomic mass is 35.5. The van der Waals surface area contributed by atoms with Crippen LogP contribution >= 0.6 is 11.6 Å². The number of halogens is 1. The minimum Gasteiger partial charge on any atom is -0.497 e. The number of hydrogen-bond acceptors (Lipinski definition) is 6. The van der Waals surface area contributed by atoms with Crippen LogP contribution in [0, 0.1) is 0 Å². The van der Waals surface area contributed by atoms with Gasteiger partial charge < -0.3 is 19.7 Å². The van der Waals surface area contributed by atoms with E-state index in [-0.39, 0.29) is 29.3 Å². The third-order valence-corrected chi connectivity index (χ3v) is 9.24. The Kier molecular flexibility index (Phi) is 10.9. The van der Waals surface area contributed by atoms with Gasteiger partial charge in [-0.15, -0.1) is 0 Å². The minimum atomic E-state index is -4.31. The highest BCUT2D eigenvalue weighted by Gasteiger charge is 2.35. The van der Waals surface area contributed by atoms with Crippen molar-refractivity contribution < 1.29 is 27.5 Å². The van der Waals surface area contributed by atoms with E-state index in [1.54, 1.807) is 48.5 Å². The number of methoxy groups -OCH3 is 2. The first-order valence-corrected chi connectivity index (χ1v) is 15.6. The van der Waals surface area contributed by atoms with E-state index < -0.39 is 34.4 Å². The number of likely N-dealkylation sites (N-methyl/N-ethyl adjacent to an activating group) is 1. The smallest absolute Gasteiger partial charge is 0.264 e. The second-order valence-electron chi connectivity index (χ2n) is 9.79. The number of ether oxygens (including phenoxy) is 2. The number of rotatable bonds is 13. The molecule has 11 heteroatoms. The SMILES string of the molecule is CNC(=O)[C@H](Cc1ccccc1)N(Cc1ccccc1Cl)C(=O)CN(c1ccccc1OC)S(=O)(=O)c1ccc(OC)cc1. The van der Waals surface area contributed by atoms with Crippen LogP contribution in [0.4, 0.5) is 5.69 Å². The third-order valence-electron chi connectivity index (χ3n) is 7.10. The van der Waals surface area contributed by atoms with Crippen LogP contribution in [-0.2, 0) is 32.6 Å². The maximum absolute atomic E-state index is 14.4. The van der Waals surface area contributed by atoms with Crippen molar-refractivity contribution >= 4 is 39.1 Å². The molecule has 0 bridgehead atoms. The summed E-state index contributed by atoms with van der Waals surface area (Å²) in [5.74, 6) is -0.292. The first-order valence-electron chi connectivity index (χ1n) is 13.8. The molecule has 9 nitrogen and oxygen atoms in total. The summed E-state index contributed by atoms with van der Waals surface area (Å²) in [6.07, 6.45) is 0.191. The number of para-hydroxylation sites is 2. The Bertz CT molecular complexity index is 1680. The molecule has 44 heavy (non-hydrogen) atoms. The lowest BCUT2D eigenvalue weighted by molar-refractivity contribution is -0.139. The molecule has 1 N–H and O–H groups in total. The average molecular weight is 636 g/mol. The van der Waals surface area contributed by atoms with Crippen LogP contribution in [0.3, 0.4) is 0 Å². The second-order valence-corrected chi connectivity index (χ2v) is 12.1. The van der Waals surface area contributed by atoms with Gasteiger partial charge in [-0.05, 0) is 53.6 Å². The largest absolute Gasteiger partial charge is 0.497 e. The topological polar surface area (TPSA) is 105 Å². The lowest BCUT2D eigenvalue weighted by Crippen LogP contribution is -2.53. The van der Waals surface area contributed by atoms with Gasteiger partial charge >= 0.3 is 0 Å². The van der Waals surface area contributed by atoms with Crippen molar-refractivity contribution in [2.45, 2.75) is 23.9 Å². The number of benzene rings is 4. The first-order chi connectivity index (χ1) is 21.2. The number of hydrogen-bond donors (Lipinski definition) is 1. The van der Waals surface area contributed by atoms with Gasteiger partial charge in [-0.3, -0.25) is 13.9 Å². The molecule has 0 saturated heterocycles. The molecule has 0 aromatic heterocycles. The fourth-order valence-electron chi connectivity index (χ4n) is 4.75. The van der Waals surface area contributed by atoms with Gasteiger partial charge in [-0.2, -0.15) is 0 Å². The van der Waals surface area contributed by atoms with Gasteiger partial charge in [-0.25, -0.2) is 8.42 Å². The van der Waals surface area contributed by atoms with Crippen LogP contribution in [0.2, 0.25) is 5.02 Å². The Morgan fingerprint density at radius 2 is 1.48 bits per heavy atom. The first kappa shape index (κ1) is 32.4. The second kappa shape index (κ2) is 14.8. The van der Waals surface area contributed by atoms with Crippen molar-refractivity contribution in [3.63, 3.8) is 0 Å². The standard InChI is InChI=1S/C33H34ClN3O6S/c1-35-33(39)30(21-24-11-5-4-6-12-24)36(22-25-13-7-8-14-28(25)34)32(38)23-37(29-15-9-10-16-31(29)43-3)44(40,41)27-19-17-26(42-2)18-20-27/h4-20,30H,21-23H2,1-3H3,(H,35,39)/t30-/m0/s1. The number of nitrogens with one attached hydrogen (secondary N) is 1. The van der Waals surface area contributed by atoms with Gasteiger partial charge in [0.05, 0.1) is 24.8 Å². The third kappa shape index (κ3) is 7.50. The van der Waals surface area contributed by atoms with E-state index in [9.17, 15) is 18.0 Å². The fourth-order valence-corrected chi connectivity index (χ4v) is 6.37. The van der Waals surface area contributed by atoms with Gasteiger partial charge in [-0.1, -0.05) is 72.3 Å². The van der Waals surface area contributed by atoms with Crippen LogP contribution in [0.15, 0.2) is 108 Å². The van der Waals surface area contributed by atoms with Crippen molar-refractivity contribution in [2.75, 3.05) is 32.1 Å². The molecule has 0 unspecified atom stereocenters. The van der Waals surface area contributed by atoms with E-state index in [4.69, 9.17) is 21.1 Å². The van der Waals surface area contributed by atoms with E-state index in [2.05, 4.69) is 5.32 Å². The highest BCUT2D eigenvalue weighted by Crippen LogP contribution is 2.33. The van der Waals surface area contributed by atoms with Crippen molar-refractivity contribution in [1.29, 1.82) is 0 Å². The maximum Gasteiger partial charge on any atom is 0.264 e. The zero-order valence-corrected chi connectivity index (χ0v) is 26.2. The summed E-state index contributed by atoms with van der Waals surface area (Å²) >= 11 is 6.50. The zero-order chi connectivity index (χ0) is 31.7. The summed E-state index contributed by atoms with van der Waals surface area (Å²) in [5.41, 5.74) is 1.59.